The Bertz CT molecular complexity index is 1340. The quantitative estimate of drug-likeness (QED) is 0.302. The monoisotopic (exact) mass is 578 g/mol. The van der Waals surface area contributed by atoms with Crippen molar-refractivity contribution in [1.29, 1.82) is 0 Å². The first-order valence-corrected chi connectivity index (χ1v) is 14.6. The second-order valence-electron chi connectivity index (χ2n) is 11.0. The van der Waals surface area contributed by atoms with Gasteiger partial charge in [0.25, 0.3) is 0 Å². The van der Waals surface area contributed by atoms with E-state index in [0.717, 1.165) is 34.3 Å². The topological polar surface area (TPSA) is 122 Å². The molecule has 10 heteroatoms. The van der Waals surface area contributed by atoms with Crippen molar-refractivity contribution in [3.05, 3.63) is 65.9 Å². The van der Waals surface area contributed by atoms with Crippen LogP contribution in [-0.2, 0) is 38.5 Å². The van der Waals surface area contributed by atoms with Gasteiger partial charge in [0.15, 0.2) is 0 Å². The zero-order chi connectivity index (χ0) is 29.9. The van der Waals surface area contributed by atoms with Crippen LogP contribution in [-0.4, -0.2) is 85.4 Å². The summed E-state index contributed by atoms with van der Waals surface area (Å²) in [5, 5.41) is 16.3. The molecule has 1 aromatic heterocycles. The van der Waals surface area contributed by atoms with Gasteiger partial charge in [-0.15, -0.1) is 0 Å². The minimum Gasteiger partial charge on any atom is -0.492 e. The zero-order valence-electron chi connectivity index (χ0n) is 24.5. The van der Waals surface area contributed by atoms with E-state index in [1.165, 1.54) is 0 Å². The molecule has 2 atom stereocenters. The first-order chi connectivity index (χ1) is 20.3. The van der Waals surface area contributed by atoms with Gasteiger partial charge in [0.2, 0.25) is 11.8 Å². The molecule has 0 unspecified atom stereocenters. The number of hydrogen-bond acceptors (Lipinski definition) is 6. The summed E-state index contributed by atoms with van der Waals surface area (Å²) in [7, 11) is 3.99. The average Bonchev–Trinajstić information content (AvgIpc) is 3.31. The van der Waals surface area contributed by atoms with Crippen molar-refractivity contribution in [3.8, 4) is 5.75 Å². The highest BCUT2D eigenvalue weighted by Crippen LogP contribution is 2.24. The number of nitrogens with zero attached hydrogens (tertiary/aromatic N) is 2. The van der Waals surface area contributed by atoms with Gasteiger partial charge < -0.3 is 34.7 Å². The number of carbonyl (C=O) groups excluding carboxylic acids is 2. The maximum absolute atomic E-state index is 13.4. The van der Waals surface area contributed by atoms with Gasteiger partial charge in [-0.25, -0.2) is 0 Å². The van der Waals surface area contributed by atoms with Gasteiger partial charge in [0.1, 0.15) is 18.4 Å². The highest BCUT2D eigenvalue weighted by atomic mass is 16.5. The number of hydrogen-bond donors (Lipinski definition) is 3. The molecule has 2 amide bonds. The third-order valence-electron chi connectivity index (χ3n) is 7.49. The molecule has 3 aromatic rings. The molecule has 1 aliphatic rings. The van der Waals surface area contributed by atoms with E-state index in [1.807, 2.05) is 68.8 Å². The smallest absolute Gasteiger partial charge is 0.304 e. The standard InChI is InChI=1S/C32H42N4O6/c1-35(2)15-19-42-26-12-10-23(11-13-26)6-5-7-24(21-30(37)38)31(39)34-28-20-25-22-36(29-9-4-3-8-27(25)29)16-18-41-17-14-33-32(28)40/h3-4,8-13,22,24,28H,5-7,14-21H2,1-2H3,(H,33,40)(H,34,39)(H,37,38)/t24-,28+/m1/s1. The Hall–Kier alpha value is -3.89. The van der Waals surface area contributed by atoms with Crippen molar-refractivity contribution >= 4 is 28.7 Å². The molecule has 226 valence electrons. The summed E-state index contributed by atoms with van der Waals surface area (Å²) in [6, 6.07) is 15.0. The molecule has 0 radical (unpaired) electrons. The van der Waals surface area contributed by atoms with Gasteiger partial charge in [-0.05, 0) is 62.7 Å². The van der Waals surface area contributed by atoms with E-state index in [4.69, 9.17) is 9.47 Å². The summed E-state index contributed by atoms with van der Waals surface area (Å²) >= 11 is 0. The highest BCUT2D eigenvalue weighted by Gasteiger charge is 2.28. The van der Waals surface area contributed by atoms with Crippen LogP contribution in [0.15, 0.2) is 54.7 Å². The van der Waals surface area contributed by atoms with Crippen LogP contribution in [0.5, 0.6) is 5.75 Å². The second kappa shape index (κ2) is 15.4. The summed E-state index contributed by atoms with van der Waals surface area (Å²) in [4.78, 5) is 40.3. The number of likely N-dealkylation sites (N-methyl/N-ethyl adjacent to an activating group) is 1. The van der Waals surface area contributed by atoms with Crippen LogP contribution in [0.25, 0.3) is 10.9 Å². The number of fused-ring (bicyclic) bond motifs is 5. The number of nitrogens with one attached hydrogen (secondary N) is 2. The summed E-state index contributed by atoms with van der Waals surface area (Å²) in [5.41, 5.74) is 3.06. The largest absolute Gasteiger partial charge is 0.492 e. The lowest BCUT2D eigenvalue weighted by Gasteiger charge is -2.22. The third kappa shape index (κ3) is 9.06. The molecule has 2 bridgehead atoms. The normalized spacial score (nSPS) is 16.7. The van der Waals surface area contributed by atoms with E-state index in [-0.39, 0.29) is 12.3 Å². The van der Waals surface area contributed by atoms with E-state index < -0.39 is 23.8 Å². The molecule has 2 aromatic carbocycles. The zero-order valence-corrected chi connectivity index (χ0v) is 24.5. The molecule has 42 heavy (non-hydrogen) atoms. The SMILES string of the molecule is CN(C)CCOc1ccc(CCC[C@H](CC(=O)O)C(=O)N[C@H]2Cc3cn(c4ccccc34)CCOCCNC2=O)cc1. The molecule has 0 spiro atoms. The second-order valence-corrected chi connectivity index (χ2v) is 11.0. The van der Waals surface area contributed by atoms with Crippen LogP contribution in [0.4, 0.5) is 0 Å². The number of carbonyl (C=O) groups is 3. The van der Waals surface area contributed by atoms with Crippen LogP contribution in [0.1, 0.15) is 30.4 Å². The fraction of sp³-hybridized carbons (Fsp3) is 0.469. The lowest BCUT2D eigenvalue weighted by molar-refractivity contribution is -0.141. The Morgan fingerprint density at radius 1 is 1.17 bits per heavy atom. The summed E-state index contributed by atoms with van der Waals surface area (Å²) in [6.45, 7) is 3.33. The van der Waals surface area contributed by atoms with Crippen molar-refractivity contribution in [3.63, 3.8) is 0 Å². The first-order valence-electron chi connectivity index (χ1n) is 14.6. The van der Waals surface area contributed by atoms with E-state index in [0.29, 0.717) is 58.6 Å². The van der Waals surface area contributed by atoms with Gasteiger partial charge in [0, 0.05) is 49.1 Å². The van der Waals surface area contributed by atoms with Gasteiger partial charge in [-0.3, -0.25) is 14.4 Å². The molecule has 3 N–H and O–H groups in total. The summed E-state index contributed by atoms with van der Waals surface area (Å²) < 4.78 is 13.5. The molecule has 0 saturated carbocycles. The maximum atomic E-state index is 13.4. The van der Waals surface area contributed by atoms with Crippen LogP contribution in [0, 0.1) is 5.92 Å². The number of para-hydroxylation sites is 1. The molecule has 10 nitrogen and oxygen atoms in total. The number of ether oxygens (including phenoxy) is 2. The minimum absolute atomic E-state index is 0.300. The Morgan fingerprint density at radius 3 is 2.71 bits per heavy atom. The minimum atomic E-state index is -1.04. The fourth-order valence-electron chi connectivity index (χ4n) is 5.21. The molecule has 2 heterocycles. The number of carboxylic acid groups (broad SMARTS) is 1. The summed E-state index contributed by atoms with van der Waals surface area (Å²) in [6.07, 6.45) is 3.73. The molecule has 0 saturated heterocycles. The van der Waals surface area contributed by atoms with Crippen molar-refractivity contribution in [2.45, 2.75) is 44.7 Å². The predicted octanol–water partition coefficient (Wildman–Crippen LogP) is 2.87. The molecular formula is C32H42N4O6. The van der Waals surface area contributed by atoms with Gasteiger partial charge >= 0.3 is 5.97 Å². The Balaban J connectivity index is 1.41. The third-order valence-corrected chi connectivity index (χ3v) is 7.49. The number of aliphatic carboxylic acids is 1. The lowest BCUT2D eigenvalue weighted by Crippen LogP contribution is -2.50. The van der Waals surface area contributed by atoms with Crippen molar-refractivity contribution in [1.82, 2.24) is 20.1 Å². The van der Waals surface area contributed by atoms with Crippen molar-refractivity contribution in [2.75, 3.05) is 47.0 Å². The van der Waals surface area contributed by atoms with Crippen LogP contribution in [0.2, 0.25) is 0 Å². The molecule has 0 fully saturated rings. The number of carboxylic acids is 1. The number of aromatic nitrogens is 1. The Labute approximate surface area is 247 Å². The lowest BCUT2D eigenvalue weighted by atomic mass is 9.94. The van der Waals surface area contributed by atoms with E-state index in [2.05, 4.69) is 20.1 Å². The Kier molecular flexibility index (Phi) is 11.4. The highest BCUT2D eigenvalue weighted by molar-refractivity contribution is 5.91. The number of benzene rings is 2. The van der Waals surface area contributed by atoms with E-state index in [1.54, 1.807) is 0 Å². The Morgan fingerprint density at radius 2 is 1.95 bits per heavy atom. The van der Waals surface area contributed by atoms with E-state index >= 15 is 0 Å². The molecule has 1 aliphatic heterocycles. The molecule has 4 rings (SSSR count). The van der Waals surface area contributed by atoms with Gasteiger partial charge in [0.05, 0.1) is 19.6 Å². The van der Waals surface area contributed by atoms with Crippen LogP contribution < -0.4 is 15.4 Å². The summed E-state index contributed by atoms with van der Waals surface area (Å²) in [5.74, 6) is -1.73. The van der Waals surface area contributed by atoms with Gasteiger partial charge in [-0.1, -0.05) is 30.3 Å². The molecule has 0 aliphatic carbocycles. The maximum Gasteiger partial charge on any atom is 0.304 e. The van der Waals surface area contributed by atoms with E-state index in [9.17, 15) is 19.5 Å². The van der Waals surface area contributed by atoms with Crippen LogP contribution >= 0.6 is 0 Å². The van der Waals surface area contributed by atoms with Crippen molar-refractivity contribution in [2.24, 2.45) is 5.92 Å². The number of aryl methyl sites for hydroxylation is 1. The number of rotatable bonds is 12. The van der Waals surface area contributed by atoms with Crippen molar-refractivity contribution < 1.29 is 29.0 Å². The number of amides is 2. The first kappa shape index (κ1) is 31.1. The molecular weight excluding hydrogens is 536 g/mol. The van der Waals surface area contributed by atoms with Crippen LogP contribution in [0.3, 0.4) is 0 Å². The predicted molar refractivity (Wildman–Crippen MR) is 161 cm³/mol. The average molecular weight is 579 g/mol. The fourth-order valence-corrected chi connectivity index (χ4v) is 5.21. The van der Waals surface area contributed by atoms with Gasteiger partial charge in [-0.2, -0.15) is 0 Å².